The van der Waals surface area contributed by atoms with Gasteiger partial charge in [-0.05, 0) is 0 Å². The van der Waals surface area contributed by atoms with Gasteiger partial charge in [0.15, 0.2) is 5.65 Å². The molecule has 2 heterocycles. The molecule has 0 unspecified atom stereocenters. The maximum atomic E-state index is 12.7. The smallest absolute Gasteiger partial charge is 0.245 e. The van der Waals surface area contributed by atoms with Crippen LogP contribution in [0.25, 0.3) is 33.5 Å². The summed E-state index contributed by atoms with van der Waals surface area (Å²) in [5, 5.41) is 13.5. The van der Waals surface area contributed by atoms with Crippen molar-refractivity contribution in [3.63, 3.8) is 0 Å². The SMILES string of the molecule is FC(F)(F)CCn1nc(-c2ccccc2)c2c(Cl)c(-c3ccccc3)nnc21. The quantitative estimate of drug-likeness (QED) is 0.435. The van der Waals surface area contributed by atoms with E-state index < -0.39 is 12.6 Å². The molecule has 0 saturated carbocycles. The third kappa shape index (κ3) is 3.57. The highest BCUT2D eigenvalue weighted by Crippen LogP contribution is 2.37. The van der Waals surface area contributed by atoms with Crippen molar-refractivity contribution in [3.05, 3.63) is 65.7 Å². The van der Waals surface area contributed by atoms with Gasteiger partial charge in [-0.15, -0.1) is 10.2 Å². The van der Waals surface area contributed by atoms with Gasteiger partial charge in [-0.3, -0.25) is 0 Å². The number of rotatable bonds is 4. The first-order valence-electron chi connectivity index (χ1n) is 8.54. The molecule has 4 rings (SSSR count). The number of fused-ring (bicyclic) bond motifs is 1. The van der Waals surface area contributed by atoms with E-state index in [9.17, 15) is 13.2 Å². The van der Waals surface area contributed by atoms with Crippen LogP contribution in [0.2, 0.25) is 5.02 Å². The number of aryl methyl sites for hydroxylation is 1. The van der Waals surface area contributed by atoms with Crippen LogP contribution < -0.4 is 0 Å². The minimum Gasteiger partial charge on any atom is -0.245 e. The minimum atomic E-state index is -4.30. The first-order chi connectivity index (χ1) is 13.4. The van der Waals surface area contributed by atoms with Gasteiger partial charge in [-0.1, -0.05) is 72.3 Å². The molecule has 0 atom stereocenters. The summed E-state index contributed by atoms with van der Waals surface area (Å²) in [6, 6.07) is 18.4. The first kappa shape index (κ1) is 18.4. The third-order valence-electron chi connectivity index (χ3n) is 4.30. The van der Waals surface area contributed by atoms with Crippen molar-refractivity contribution < 1.29 is 13.2 Å². The molecule has 0 bridgehead atoms. The molecule has 2 aromatic carbocycles. The molecule has 28 heavy (non-hydrogen) atoms. The normalized spacial score (nSPS) is 11.9. The fraction of sp³-hybridized carbons (Fsp3) is 0.150. The van der Waals surface area contributed by atoms with Gasteiger partial charge >= 0.3 is 6.18 Å². The molecule has 0 aliphatic rings. The Morgan fingerprint density at radius 3 is 1.96 bits per heavy atom. The van der Waals surface area contributed by atoms with Crippen molar-refractivity contribution in [2.45, 2.75) is 19.1 Å². The molecule has 4 aromatic rings. The van der Waals surface area contributed by atoms with Crippen molar-refractivity contribution in [2.75, 3.05) is 0 Å². The number of halogens is 4. The lowest BCUT2D eigenvalue weighted by atomic mass is 10.1. The fourth-order valence-electron chi connectivity index (χ4n) is 2.98. The molecule has 0 spiro atoms. The van der Waals surface area contributed by atoms with Gasteiger partial charge in [0, 0.05) is 11.1 Å². The van der Waals surface area contributed by atoms with E-state index in [0.717, 1.165) is 11.1 Å². The molecule has 4 nitrogen and oxygen atoms in total. The second-order valence-corrected chi connectivity index (χ2v) is 6.61. The predicted octanol–water partition coefficient (Wildman–Crippen LogP) is 5.77. The highest BCUT2D eigenvalue weighted by Gasteiger charge is 2.28. The van der Waals surface area contributed by atoms with E-state index in [-0.39, 0.29) is 12.2 Å². The van der Waals surface area contributed by atoms with E-state index in [4.69, 9.17) is 11.6 Å². The Morgan fingerprint density at radius 1 is 0.821 bits per heavy atom. The Morgan fingerprint density at radius 2 is 1.39 bits per heavy atom. The molecule has 0 radical (unpaired) electrons. The lowest BCUT2D eigenvalue weighted by Crippen LogP contribution is -2.13. The van der Waals surface area contributed by atoms with Crippen molar-refractivity contribution >= 4 is 22.6 Å². The Hall–Kier alpha value is -2.93. The second-order valence-electron chi connectivity index (χ2n) is 6.23. The topological polar surface area (TPSA) is 43.6 Å². The van der Waals surface area contributed by atoms with Crippen molar-refractivity contribution in [1.29, 1.82) is 0 Å². The van der Waals surface area contributed by atoms with E-state index in [2.05, 4.69) is 15.3 Å². The molecular formula is C20H14ClF3N4. The molecule has 2 aromatic heterocycles. The lowest BCUT2D eigenvalue weighted by molar-refractivity contribution is -0.137. The largest absolute Gasteiger partial charge is 0.390 e. The van der Waals surface area contributed by atoms with Crippen molar-refractivity contribution in [2.24, 2.45) is 0 Å². The van der Waals surface area contributed by atoms with Gasteiger partial charge in [0.1, 0.15) is 11.4 Å². The van der Waals surface area contributed by atoms with Crippen LogP contribution in [-0.2, 0) is 6.54 Å². The zero-order chi connectivity index (χ0) is 19.7. The van der Waals surface area contributed by atoms with Crippen LogP contribution in [0.5, 0.6) is 0 Å². The summed E-state index contributed by atoms with van der Waals surface area (Å²) in [5.41, 5.74) is 2.68. The molecule has 0 aliphatic carbocycles. The highest BCUT2D eigenvalue weighted by molar-refractivity contribution is 6.38. The number of hydrogen-bond donors (Lipinski definition) is 0. The Balaban J connectivity index is 1.92. The molecule has 0 aliphatic heterocycles. The summed E-state index contributed by atoms with van der Waals surface area (Å²) in [6.07, 6.45) is -5.32. The number of alkyl halides is 3. The summed E-state index contributed by atoms with van der Waals surface area (Å²) in [4.78, 5) is 0. The molecule has 8 heteroatoms. The van der Waals surface area contributed by atoms with Crippen LogP contribution in [0.3, 0.4) is 0 Å². The number of aromatic nitrogens is 4. The minimum absolute atomic E-state index is 0.229. The van der Waals surface area contributed by atoms with E-state index in [0.29, 0.717) is 21.8 Å². The Kier molecular flexibility index (Phi) is 4.77. The summed E-state index contributed by atoms with van der Waals surface area (Å²) < 4.78 is 39.4. The van der Waals surface area contributed by atoms with Gasteiger partial charge in [0.2, 0.25) is 0 Å². The number of nitrogens with zero attached hydrogens (tertiary/aromatic N) is 4. The predicted molar refractivity (Wildman–Crippen MR) is 102 cm³/mol. The average molecular weight is 403 g/mol. The zero-order valence-electron chi connectivity index (χ0n) is 14.5. The Bertz CT molecular complexity index is 1110. The van der Waals surface area contributed by atoms with Gasteiger partial charge < -0.3 is 0 Å². The third-order valence-corrected chi connectivity index (χ3v) is 4.67. The van der Waals surface area contributed by atoms with Gasteiger partial charge in [-0.25, -0.2) is 4.68 Å². The van der Waals surface area contributed by atoms with Gasteiger partial charge in [0.25, 0.3) is 0 Å². The standard InChI is InChI=1S/C20H14ClF3N4/c21-16-15-17(13-7-3-1-4-8-13)27-28(12-11-20(22,23)24)19(15)26-25-18(16)14-9-5-2-6-10-14/h1-10H,11-12H2. The summed E-state index contributed by atoms with van der Waals surface area (Å²) >= 11 is 6.66. The molecular weight excluding hydrogens is 389 g/mol. The van der Waals surface area contributed by atoms with E-state index >= 15 is 0 Å². The van der Waals surface area contributed by atoms with Crippen LogP contribution in [0.4, 0.5) is 13.2 Å². The number of hydrogen-bond acceptors (Lipinski definition) is 3. The summed E-state index contributed by atoms with van der Waals surface area (Å²) in [6.45, 7) is -0.359. The van der Waals surface area contributed by atoms with Crippen molar-refractivity contribution in [3.8, 4) is 22.5 Å². The molecule has 0 fully saturated rings. The second kappa shape index (κ2) is 7.24. The first-order valence-corrected chi connectivity index (χ1v) is 8.92. The highest BCUT2D eigenvalue weighted by atomic mass is 35.5. The monoisotopic (exact) mass is 402 g/mol. The number of benzene rings is 2. The van der Waals surface area contributed by atoms with Crippen LogP contribution in [0, 0.1) is 0 Å². The maximum Gasteiger partial charge on any atom is 0.390 e. The zero-order valence-corrected chi connectivity index (χ0v) is 15.2. The van der Waals surface area contributed by atoms with Crippen LogP contribution in [0.1, 0.15) is 6.42 Å². The van der Waals surface area contributed by atoms with E-state index in [1.165, 1.54) is 4.68 Å². The average Bonchev–Trinajstić information content (AvgIpc) is 3.07. The van der Waals surface area contributed by atoms with Crippen LogP contribution in [0.15, 0.2) is 60.7 Å². The fourth-order valence-corrected chi connectivity index (χ4v) is 3.30. The Labute approximate surface area is 163 Å². The van der Waals surface area contributed by atoms with Gasteiger partial charge in [-0.2, -0.15) is 18.3 Å². The summed E-state index contributed by atoms with van der Waals surface area (Å²) in [7, 11) is 0. The molecule has 0 amide bonds. The molecule has 0 saturated heterocycles. The van der Waals surface area contributed by atoms with Crippen LogP contribution >= 0.6 is 11.6 Å². The maximum absolute atomic E-state index is 12.7. The van der Waals surface area contributed by atoms with E-state index in [1.807, 2.05) is 60.7 Å². The van der Waals surface area contributed by atoms with E-state index in [1.54, 1.807) is 0 Å². The lowest BCUT2D eigenvalue weighted by Gasteiger charge is -2.07. The van der Waals surface area contributed by atoms with Crippen molar-refractivity contribution in [1.82, 2.24) is 20.0 Å². The summed E-state index contributed by atoms with van der Waals surface area (Å²) in [5.74, 6) is 0. The molecule has 0 N–H and O–H groups in total. The van der Waals surface area contributed by atoms with Crippen LogP contribution in [-0.4, -0.2) is 26.2 Å². The molecule has 142 valence electrons. The van der Waals surface area contributed by atoms with Gasteiger partial charge in [0.05, 0.1) is 23.4 Å².